The molecule has 0 unspecified atom stereocenters. The smallest absolute Gasteiger partial charge is 0.266 e. The third-order valence-electron chi connectivity index (χ3n) is 4.57. The summed E-state index contributed by atoms with van der Waals surface area (Å²) in [5.41, 5.74) is 1.77. The number of amides is 1. The van der Waals surface area contributed by atoms with Crippen molar-refractivity contribution in [2.24, 2.45) is 4.99 Å². The van der Waals surface area contributed by atoms with Crippen molar-refractivity contribution in [1.29, 1.82) is 0 Å². The molecule has 0 aliphatic carbocycles. The number of aliphatic imine (C=N–C) groups is 1. The van der Waals surface area contributed by atoms with Gasteiger partial charge >= 0.3 is 0 Å². The van der Waals surface area contributed by atoms with Gasteiger partial charge in [-0.15, -0.1) is 0 Å². The second-order valence-electron chi connectivity index (χ2n) is 7.83. The number of thioether (sulfide) groups is 1. The molecule has 8 heteroatoms. The molecule has 32 heavy (non-hydrogen) atoms. The molecule has 2 aromatic rings. The van der Waals surface area contributed by atoms with Gasteiger partial charge in [-0.05, 0) is 80.9 Å². The normalized spacial score (nSPS) is 16.7. The van der Waals surface area contributed by atoms with E-state index >= 15 is 0 Å². The summed E-state index contributed by atoms with van der Waals surface area (Å²) in [6.07, 6.45) is 1.82. The van der Waals surface area contributed by atoms with E-state index in [0.29, 0.717) is 28.0 Å². The number of benzene rings is 2. The molecule has 0 saturated carbocycles. The van der Waals surface area contributed by atoms with Crippen LogP contribution in [0.15, 0.2) is 50.8 Å². The molecule has 5 nitrogen and oxygen atoms in total. The number of amidine groups is 1. The molecule has 0 spiro atoms. The van der Waals surface area contributed by atoms with E-state index in [0.717, 1.165) is 20.8 Å². The Labute approximate surface area is 207 Å². The van der Waals surface area contributed by atoms with E-state index in [1.165, 1.54) is 11.8 Å². The van der Waals surface area contributed by atoms with Crippen LogP contribution in [0, 0.1) is 0 Å². The van der Waals surface area contributed by atoms with Crippen LogP contribution in [0.5, 0.6) is 11.5 Å². The Hall–Kier alpha value is -1.96. The van der Waals surface area contributed by atoms with Gasteiger partial charge in [-0.3, -0.25) is 14.7 Å². The van der Waals surface area contributed by atoms with Gasteiger partial charge in [0.05, 0.1) is 17.0 Å². The molecule has 2 aromatic carbocycles. The molecule has 1 amide bonds. The highest BCUT2D eigenvalue weighted by Gasteiger charge is 2.35. The summed E-state index contributed by atoms with van der Waals surface area (Å²) in [7, 11) is 1.57. The average Bonchev–Trinajstić information content (AvgIpc) is 3.02. The third kappa shape index (κ3) is 5.88. The average molecular weight is 538 g/mol. The highest BCUT2D eigenvalue weighted by atomic mass is 79.9. The Balaban J connectivity index is 1.87. The first-order valence-corrected chi connectivity index (χ1v) is 12.2. The van der Waals surface area contributed by atoms with Crippen LogP contribution < -0.4 is 9.47 Å². The molecule has 0 radical (unpaired) electrons. The second kappa shape index (κ2) is 10.8. The van der Waals surface area contributed by atoms with E-state index in [1.807, 2.05) is 64.1 Å². The Kier molecular flexibility index (Phi) is 8.31. The molecule has 3 rings (SSSR count). The van der Waals surface area contributed by atoms with E-state index in [-0.39, 0.29) is 18.0 Å². The summed E-state index contributed by atoms with van der Waals surface area (Å²) in [6.45, 7) is 8.31. The largest absolute Gasteiger partial charge is 0.493 e. The number of carbonyl (C=O) groups is 1. The predicted octanol–water partition coefficient (Wildman–Crippen LogP) is 6.78. The lowest BCUT2D eigenvalue weighted by Crippen LogP contribution is -2.35. The van der Waals surface area contributed by atoms with Gasteiger partial charge in [-0.1, -0.05) is 39.7 Å². The maximum atomic E-state index is 13.0. The molecule has 0 aromatic heterocycles. The van der Waals surface area contributed by atoms with Crippen LogP contribution in [-0.4, -0.2) is 35.2 Å². The minimum atomic E-state index is -0.0601. The summed E-state index contributed by atoms with van der Waals surface area (Å²) in [6, 6.07) is 11.6. The van der Waals surface area contributed by atoms with Crippen molar-refractivity contribution in [1.82, 2.24) is 4.90 Å². The number of nitrogens with zero attached hydrogens (tertiary/aromatic N) is 2. The lowest BCUT2D eigenvalue weighted by molar-refractivity contribution is -0.123. The quantitative estimate of drug-likeness (QED) is 0.365. The standard InChI is InChI=1S/C24H26BrClN2O3S/c1-14(2)27-24-28(15(3)4)23(29)21(32-24)12-17-10-19(26)22(20(11-17)30-5)31-13-16-6-8-18(25)9-7-16/h6-12,14-15H,13H2,1-5H3/b21-12+,27-24?. The zero-order chi connectivity index (χ0) is 23.4. The fourth-order valence-electron chi connectivity index (χ4n) is 3.10. The Morgan fingerprint density at radius 3 is 2.47 bits per heavy atom. The Morgan fingerprint density at radius 2 is 1.88 bits per heavy atom. The highest BCUT2D eigenvalue weighted by molar-refractivity contribution is 9.10. The third-order valence-corrected chi connectivity index (χ3v) is 6.37. The molecule has 0 atom stereocenters. The van der Waals surface area contributed by atoms with Crippen molar-refractivity contribution < 1.29 is 14.3 Å². The van der Waals surface area contributed by atoms with Gasteiger partial charge in [0.2, 0.25) is 0 Å². The lowest BCUT2D eigenvalue weighted by Gasteiger charge is -2.20. The van der Waals surface area contributed by atoms with Gasteiger partial charge in [-0.2, -0.15) is 0 Å². The molecular weight excluding hydrogens is 512 g/mol. The van der Waals surface area contributed by atoms with Crippen LogP contribution in [0.25, 0.3) is 6.08 Å². The Morgan fingerprint density at radius 1 is 1.19 bits per heavy atom. The molecule has 1 aliphatic rings. The van der Waals surface area contributed by atoms with Crippen molar-refractivity contribution >= 4 is 56.4 Å². The fraction of sp³-hybridized carbons (Fsp3) is 0.333. The van der Waals surface area contributed by atoms with Gasteiger partial charge < -0.3 is 9.47 Å². The van der Waals surface area contributed by atoms with Crippen LogP contribution in [0.1, 0.15) is 38.8 Å². The van der Waals surface area contributed by atoms with Gasteiger partial charge in [-0.25, -0.2) is 0 Å². The van der Waals surface area contributed by atoms with Gasteiger partial charge in [0, 0.05) is 16.6 Å². The second-order valence-corrected chi connectivity index (χ2v) is 10.2. The first-order chi connectivity index (χ1) is 15.2. The number of carbonyl (C=O) groups excluding carboxylic acids is 1. The number of methoxy groups -OCH3 is 1. The van der Waals surface area contributed by atoms with Crippen LogP contribution in [0.4, 0.5) is 0 Å². The molecule has 0 bridgehead atoms. The van der Waals surface area contributed by atoms with E-state index in [9.17, 15) is 4.79 Å². The van der Waals surface area contributed by atoms with Gasteiger partial charge in [0.1, 0.15) is 6.61 Å². The van der Waals surface area contributed by atoms with E-state index in [2.05, 4.69) is 20.9 Å². The van der Waals surface area contributed by atoms with Crippen molar-refractivity contribution in [2.45, 2.75) is 46.4 Å². The molecule has 1 heterocycles. The van der Waals surface area contributed by atoms with Crippen molar-refractivity contribution in [3.63, 3.8) is 0 Å². The molecule has 0 N–H and O–H groups in total. The molecule has 1 saturated heterocycles. The fourth-order valence-corrected chi connectivity index (χ4v) is 4.87. The predicted molar refractivity (Wildman–Crippen MR) is 137 cm³/mol. The number of ether oxygens (including phenoxy) is 2. The topological polar surface area (TPSA) is 51.1 Å². The summed E-state index contributed by atoms with van der Waals surface area (Å²) in [5, 5.41) is 1.14. The monoisotopic (exact) mass is 536 g/mol. The van der Waals surface area contributed by atoms with Crippen LogP contribution in [0.3, 0.4) is 0 Å². The van der Waals surface area contributed by atoms with Crippen molar-refractivity contribution in [2.75, 3.05) is 7.11 Å². The van der Waals surface area contributed by atoms with E-state index in [4.69, 9.17) is 21.1 Å². The Bertz CT molecular complexity index is 1050. The van der Waals surface area contributed by atoms with E-state index < -0.39 is 0 Å². The minimum Gasteiger partial charge on any atom is -0.493 e. The van der Waals surface area contributed by atoms with E-state index in [1.54, 1.807) is 18.1 Å². The number of hydrogen-bond donors (Lipinski definition) is 0. The van der Waals surface area contributed by atoms with Crippen LogP contribution >= 0.6 is 39.3 Å². The van der Waals surface area contributed by atoms with Crippen LogP contribution in [-0.2, 0) is 11.4 Å². The minimum absolute atomic E-state index is 0.0194. The van der Waals surface area contributed by atoms with Crippen LogP contribution in [0.2, 0.25) is 5.02 Å². The number of hydrogen-bond acceptors (Lipinski definition) is 5. The molecule has 1 aliphatic heterocycles. The van der Waals surface area contributed by atoms with Crippen molar-refractivity contribution in [3.8, 4) is 11.5 Å². The summed E-state index contributed by atoms with van der Waals surface area (Å²) in [4.78, 5) is 19.9. The molecule has 170 valence electrons. The van der Waals surface area contributed by atoms with Gasteiger partial charge in [0.15, 0.2) is 16.7 Å². The van der Waals surface area contributed by atoms with Gasteiger partial charge in [0.25, 0.3) is 5.91 Å². The summed E-state index contributed by atoms with van der Waals surface area (Å²) < 4.78 is 12.5. The summed E-state index contributed by atoms with van der Waals surface area (Å²) in [5.74, 6) is 0.916. The number of rotatable bonds is 7. The first-order valence-electron chi connectivity index (χ1n) is 10.2. The number of halogens is 2. The first kappa shape index (κ1) is 24.7. The molecule has 1 fully saturated rings. The lowest BCUT2D eigenvalue weighted by atomic mass is 10.1. The zero-order valence-electron chi connectivity index (χ0n) is 18.7. The maximum absolute atomic E-state index is 13.0. The zero-order valence-corrected chi connectivity index (χ0v) is 21.8. The van der Waals surface area contributed by atoms with Crippen molar-refractivity contribution in [3.05, 3.63) is 61.9 Å². The molecular formula is C24H26BrClN2O3S. The SMILES string of the molecule is COc1cc(/C=C2/SC(=NC(C)C)N(C(C)C)C2=O)cc(Cl)c1OCc1ccc(Br)cc1. The summed E-state index contributed by atoms with van der Waals surface area (Å²) >= 11 is 11.3. The maximum Gasteiger partial charge on any atom is 0.266 e. The highest BCUT2D eigenvalue weighted by Crippen LogP contribution is 2.39.